The second-order valence-corrected chi connectivity index (χ2v) is 4.80. The average molecular weight is 270 g/mol. The highest BCUT2D eigenvalue weighted by Gasteiger charge is 2.28. The molecular formula is C11H12BrNO2. The number of alkyl halides is 1. The molecule has 1 aliphatic rings. The third-order valence-electron chi connectivity index (χ3n) is 2.44. The molecule has 80 valence electrons. The molecular weight excluding hydrogens is 258 g/mol. The van der Waals surface area contributed by atoms with Gasteiger partial charge in [-0.15, -0.1) is 0 Å². The van der Waals surface area contributed by atoms with Crippen LogP contribution in [0.25, 0.3) is 0 Å². The van der Waals surface area contributed by atoms with E-state index in [-0.39, 0.29) is 10.7 Å². The minimum absolute atomic E-state index is 0.158. The third-order valence-corrected chi connectivity index (χ3v) is 3.06. The molecule has 0 N–H and O–H groups in total. The van der Waals surface area contributed by atoms with E-state index in [0.717, 1.165) is 18.0 Å². The van der Waals surface area contributed by atoms with Crippen molar-refractivity contribution in [3.63, 3.8) is 0 Å². The van der Waals surface area contributed by atoms with Gasteiger partial charge in [0.05, 0.1) is 7.11 Å². The molecule has 2 rings (SSSR count). The van der Waals surface area contributed by atoms with Crippen LogP contribution < -0.4 is 9.64 Å². The Kier molecular flexibility index (Phi) is 2.95. The van der Waals surface area contributed by atoms with E-state index in [1.807, 2.05) is 24.3 Å². The number of carbonyl (C=O) groups is 1. The van der Waals surface area contributed by atoms with E-state index in [1.165, 1.54) is 0 Å². The summed E-state index contributed by atoms with van der Waals surface area (Å²) < 4.78 is 5.13. The minimum atomic E-state index is 0.158. The van der Waals surface area contributed by atoms with Gasteiger partial charge >= 0.3 is 0 Å². The summed E-state index contributed by atoms with van der Waals surface area (Å²) in [5, 5.41) is 0. The van der Waals surface area contributed by atoms with E-state index < -0.39 is 0 Å². The van der Waals surface area contributed by atoms with Crippen LogP contribution in [0.5, 0.6) is 5.75 Å². The van der Waals surface area contributed by atoms with Crippen LogP contribution in [0.4, 0.5) is 5.69 Å². The van der Waals surface area contributed by atoms with Gasteiger partial charge in [-0.25, -0.2) is 0 Å². The van der Waals surface area contributed by atoms with Crippen molar-refractivity contribution in [3.05, 3.63) is 24.3 Å². The molecule has 15 heavy (non-hydrogen) atoms. The predicted molar refractivity (Wildman–Crippen MR) is 62.7 cm³/mol. The topological polar surface area (TPSA) is 29.5 Å². The molecule has 1 amide bonds. The van der Waals surface area contributed by atoms with Crippen LogP contribution in [0.15, 0.2) is 24.3 Å². The van der Waals surface area contributed by atoms with Crippen molar-refractivity contribution in [2.75, 3.05) is 18.6 Å². The summed E-state index contributed by atoms with van der Waals surface area (Å²) in [6.07, 6.45) is 0.567. The first-order valence-electron chi connectivity index (χ1n) is 4.79. The van der Waals surface area contributed by atoms with Crippen LogP contribution in [-0.4, -0.2) is 24.4 Å². The molecule has 1 aromatic carbocycles. The van der Waals surface area contributed by atoms with E-state index in [9.17, 15) is 4.79 Å². The summed E-state index contributed by atoms with van der Waals surface area (Å²) in [7, 11) is 1.62. The summed E-state index contributed by atoms with van der Waals surface area (Å²) in [6, 6.07) is 7.56. The van der Waals surface area contributed by atoms with Gasteiger partial charge in [-0.3, -0.25) is 4.79 Å². The molecule has 1 atom stereocenters. The summed E-state index contributed by atoms with van der Waals surface area (Å²) in [6.45, 7) is 0.728. The van der Waals surface area contributed by atoms with Crippen molar-refractivity contribution in [1.82, 2.24) is 0 Å². The summed E-state index contributed by atoms with van der Waals surface area (Å²) in [4.78, 5) is 13.7. The minimum Gasteiger partial charge on any atom is -0.497 e. The van der Waals surface area contributed by atoms with Crippen molar-refractivity contribution < 1.29 is 9.53 Å². The van der Waals surface area contributed by atoms with Crippen LogP contribution >= 0.6 is 15.9 Å². The van der Waals surface area contributed by atoms with Gasteiger partial charge in [0.25, 0.3) is 0 Å². The SMILES string of the molecule is COc1cccc(N2CC(Br)CC2=O)c1. The number of nitrogens with zero attached hydrogens (tertiary/aromatic N) is 1. The molecule has 0 aromatic heterocycles. The van der Waals surface area contributed by atoms with Gasteiger partial charge in [-0.1, -0.05) is 22.0 Å². The second kappa shape index (κ2) is 4.23. The monoisotopic (exact) mass is 269 g/mol. The van der Waals surface area contributed by atoms with Crippen LogP contribution in [0.2, 0.25) is 0 Å². The van der Waals surface area contributed by atoms with Crippen molar-refractivity contribution in [2.24, 2.45) is 0 Å². The lowest BCUT2D eigenvalue weighted by Gasteiger charge is -2.16. The number of methoxy groups -OCH3 is 1. The Hall–Kier alpha value is -1.03. The molecule has 0 radical (unpaired) electrons. The lowest BCUT2D eigenvalue weighted by molar-refractivity contribution is -0.117. The van der Waals surface area contributed by atoms with Crippen molar-refractivity contribution in [1.29, 1.82) is 0 Å². The van der Waals surface area contributed by atoms with Crippen molar-refractivity contribution >= 4 is 27.5 Å². The van der Waals surface area contributed by atoms with E-state index >= 15 is 0 Å². The maximum absolute atomic E-state index is 11.6. The van der Waals surface area contributed by atoms with E-state index in [2.05, 4.69) is 15.9 Å². The first-order valence-corrected chi connectivity index (χ1v) is 5.71. The number of hydrogen-bond donors (Lipinski definition) is 0. The Bertz CT molecular complexity index is 381. The van der Waals surface area contributed by atoms with Gasteiger partial charge in [-0.05, 0) is 12.1 Å². The number of halogens is 1. The fourth-order valence-electron chi connectivity index (χ4n) is 1.69. The van der Waals surface area contributed by atoms with Crippen LogP contribution in [0, 0.1) is 0 Å². The molecule has 1 aromatic rings. The molecule has 1 saturated heterocycles. The number of rotatable bonds is 2. The largest absolute Gasteiger partial charge is 0.497 e. The fourth-order valence-corrected chi connectivity index (χ4v) is 2.26. The molecule has 0 saturated carbocycles. The van der Waals surface area contributed by atoms with Crippen molar-refractivity contribution in [2.45, 2.75) is 11.2 Å². The van der Waals surface area contributed by atoms with E-state index in [0.29, 0.717) is 6.42 Å². The number of anilines is 1. The number of ether oxygens (including phenoxy) is 1. The van der Waals surface area contributed by atoms with Gasteiger partial charge in [0, 0.05) is 29.5 Å². The first-order chi connectivity index (χ1) is 7.20. The Balaban J connectivity index is 2.25. The third kappa shape index (κ3) is 2.15. The zero-order chi connectivity index (χ0) is 10.8. The average Bonchev–Trinajstić information content (AvgIpc) is 2.58. The number of hydrogen-bond acceptors (Lipinski definition) is 2. The Labute approximate surface area is 97.2 Å². The maximum atomic E-state index is 11.6. The summed E-state index contributed by atoms with van der Waals surface area (Å²) >= 11 is 3.46. The van der Waals surface area contributed by atoms with Gasteiger partial charge < -0.3 is 9.64 Å². The highest BCUT2D eigenvalue weighted by Crippen LogP contribution is 2.27. The highest BCUT2D eigenvalue weighted by atomic mass is 79.9. The number of amides is 1. The van der Waals surface area contributed by atoms with E-state index in [1.54, 1.807) is 12.0 Å². The predicted octanol–water partition coefficient (Wildman–Crippen LogP) is 2.20. The van der Waals surface area contributed by atoms with Crippen LogP contribution in [-0.2, 0) is 4.79 Å². The highest BCUT2D eigenvalue weighted by molar-refractivity contribution is 9.09. The fraction of sp³-hybridized carbons (Fsp3) is 0.364. The number of carbonyl (C=O) groups excluding carboxylic acids is 1. The normalized spacial score (nSPS) is 20.8. The molecule has 1 fully saturated rings. The Morgan fingerprint density at radius 3 is 2.93 bits per heavy atom. The summed E-state index contributed by atoms with van der Waals surface area (Å²) in [5.74, 6) is 0.934. The molecule has 1 unspecified atom stereocenters. The Morgan fingerprint density at radius 2 is 2.33 bits per heavy atom. The van der Waals surface area contributed by atoms with Gasteiger partial charge in [0.1, 0.15) is 5.75 Å². The van der Waals surface area contributed by atoms with Crippen LogP contribution in [0.1, 0.15) is 6.42 Å². The van der Waals surface area contributed by atoms with Gasteiger partial charge in [0.2, 0.25) is 5.91 Å². The van der Waals surface area contributed by atoms with Gasteiger partial charge in [0.15, 0.2) is 0 Å². The quantitative estimate of drug-likeness (QED) is 0.771. The molecule has 0 spiro atoms. The molecule has 4 heteroatoms. The standard InChI is InChI=1S/C11H12BrNO2/c1-15-10-4-2-3-9(6-10)13-7-8(12)5-11(13)14/h2-4,6,8H,5,7H2,1H3. The molecule has 0 aliphatic carbocycles. The first kappa shape index (κ1) is 10.5. The smallest absolute Gasteiger partial charge is 0.228 e. The molecule has 3 nitrogen and oxygen atoms in total. The lowest BCUT2D eigenvalue weighted by atomic mass is 10.3. The molecule has 0 bridgehead atoms. The Morgan fingerprint density at radius 1 is 1.53 bits per heavy atom. The number of benzene rings is 1. The lowest BCUT2D eigenvalue weighted by Crippen LogP contribution is -2.24. The summed E-state index contributed by atoms with van der Waals surface area (Å²) in [5.41, 5.74) is 0.904. The van der Waals surface area contributed by atoms with Crippen LogP contribution in [0.3, 0.4) is 0 Å². The zero-order valence-electron chi connectivity index (χ0n) is 8.44. The van der Waals surface area contributed by atoms with E-state index in [4.69, 9.17) is 4.74 Å². The zero-order valence-corrected chi connectivity index (χ0v) is 10.0. The maximum Gasteiger partial charge on any atom is 0.228 e. The van der Waals surface area contributed by atoms with Crippen molar-refractivity contribution in [3.8, 4) is 5.75 Å². The van der Waals surface area contributed by atoms with Gasteiger partial charge in [-0.2, -0.15) is 0 Å². The molecule has 1 aliphatic heterocycles. The second-order valence-electron chi connectivity index (χ2n) is 3.51. The molecule has 1 heterocycles.